The Morgan fingerprint density at radius 2 is 1.89 bits per heavy atom. The summed E-state index contributed by atoms with van der Waals surface area (Å²) in [6, 6.07) is 8.76. The Morgan fingerprint density at radius 3 is 2.47 bits per heavy atom. The predicted molar refractivity (Wildman–Crippen MR) is 71.3 cm³/mol. The Hall–Kier alpha value is -2.14. The van der Waals surface area contributed by atoms with Crippen LogP contribution < -0.4 is 5.56 Å². The number of hydrogen-bond acceptors (Lipinski definition) is 3. The normalized spacial score (nSPS) is 12.1. The molecule has 0 amide bonds. The molecule has 1 unspecified atom stereocenters. The van der Waals surface area contributed by atoms with Crippen molar-refractivity contribution in [2.45, 2.75) is 13.0 Å². The van der Waals surface area contributed by atoms with Gasteiger partial charge in [0.05, 0.1) is 5.69 Å². The highest BCUT2D eigenvalue weighted by molar-refractivity contribution is 6.30. The highest BCUT2D eigenvalue weighted by Crippen LogP contribution is 2.18. The zero-order chi connectivity index (χ0) is 14.0. The summed E-state index contributed by atoms with van der Waals surface area (Å²) in [4.78, 5) is 22.5. The number of rotatable bonds is 3. The van der Waals surface area contributed by atoms with Gasteiger partial charge < -0.3 is 5.11 Å². The first-order chi connectivity index (χ1) is 8.99. The number of halogens is 1. The second kappa shape index (κ2) is 5.24. The molecular formula is C13H11ClN2O3. The lowest BCUT2D eigenvalue weighted by Crippen LogP contribution is -2.29. The molecule has 1 heterocycles. The van der Waals surface area contributed by atoms with E-state index in [2.05, 4.69) is 5.10 Å². The van der Waals surface area contributed by atoms with E-state index in [0.717, 1.165) is 10.2 Å². The third kappa shape index (κ3) is 2.82. The van der Waals surface area contributed by atoms with Crippen molar-refractivity contribution in [2.75, 3.05) is 0 Å². The van der Waals surface area contributed by atoms with Crippen molar-refractivity contribution >= 4 is 17.6 Å². The zero-order valence-corrected chi connectivity index (χ0v) is 10.8. The number of carboxylic acid groups (broad SMARTS) is 1. The van der Waals surface area contributed by atoms with E-state index in [9.17, 15) is 9.59 Å². The van der Waals surface area contributed by atoms with Gasteiger partial charge in [-0.3, -0.25) is 4.79 Å². The Morgan fingerprint density at radius 1 is 1.26 bits per heavy atom. The van der Waals surface area contributed by atoms with Gasteiger partial charge in [0.1, 0.15) is 0 Å². The molecule has 1 atom stereocenters. The van der Waals surface area contributed by atoms with Gasteiger partial charge in [-0.2, -0.15) is 5.10 Å². The van der Waals surface area contributed by atoms with E-state index in [1.54, 1.807) is 30.3 Å². The van der Waals surface area contributed by atoms with E-state index in [1.165, 1.54) is 13.0 Å². The van der Waals surface area contributed by atoms with Crippen LogP contribution in [0.5, 0.6) is 0 Å². The van der Waals surface area contributed by atoms with Crippen LogP contribution in [-0.4, -0.2) is 20.9 Å². The first kappa shape index (κ1) is 13.3. The molecule has 1 aromatic heterocycles. The molecule has 0 aliphatic carbocycles. The molecule has 98 valence electrons. The standard InChI is InChI=1S/C13H11ClN2O3/c1-8(13(18)19)16-12(17)7-6-11(15-16)9-2-4-10(14)5-3-9/h2-8H,1H3,(H,18,19). The van der Waals surface area contributed by atoms with Gasteiger partial charge >= 0.3 is 5.97 Å². The number of hydrogen-bond donors (Lipinski definition) is 1. The second-order valence-corrected chi connectivity index (χ2v) is 4.46. The summed E-state index contributed by atoms with van der Waals surface area (Å²) < 4.78 is 0.951. The number of aliphatic carboxylic acids is 1. The first-order valence-corrected chi connectivity index (χ1v) is 5.95. The van der Waals surface area contributed by atoms with Crippen LogP contribution in [0.3, 0.4) is 0 Å². The monoisotopic (exact) mass is 278 g/mol. The number of benzene rings is 1. The Bertz CT molecular complexity index is 664. The third-order valence-corrected chi connectivity index (χ3v) is 2.94. The fourth-order valence-corrected chi connectivity index (χ4v) is 1.71. The average molecular weight is 279 g/mol. The average Bonchev–Trinajstić information content (AvgIpc) is 2.39. The molecule has 0 fully saturated rings. The van der Waals surface area contributed by atoms with Crippen LogP contribution in [0.15, 0.2) is 41.2 Å². The molecule has 0 aliphatic rings. The van der Waals surface area contributed by atoms with Crippen LogP contribution in [0.2, 0.25) is 5.02 Å². The molecule has 0 radical (unpaired) electrons. The molecular weight excluding hydrogens is 268 g/mol. The summed E-state index contributed by atoms with van der Waals surface area (Å²) >= 11 is 5.79. The maximum Gasteiger partial charge on any atom is 0.328 e. The molecule has 5 nitrogen and oxygen atoms in total. The molecule has 2 rings (SSSR count). The Labute approximate surface area is 114 Å². The number of carbonyl (C=O) groups is 1. The van der Waals surface area contributed by atoms with Gasteiger partial charge in [-0.25, -0.2) is 9.48 Å². The second-order valence-electron chi connectivity index (χ2n) is 4.02. The van der Waals surface area contributed by atoms with E-state index in [4.69, 9.17) is 16.7 Å². The lowest BCUT2D eigenvalue weighted by molar-refractivity contribution is -0.140. The fourth-order valence-electron chi connectivity index (χ4n) is 1.58. The molecule has 0 saturated carbocycles. The number of nitrogens with zero attached hydrogens (tertiary/aromatic N) is 2. The highest BCUT2D eigenvalue weighted by Gasteiger charge is 2.16. The minimum absolute atomic E-state index is 0.451. The van der Waals surface area contributed by atoms with Gasteiger partial charge in [0.2, 0.25) is 0 Å². The first-order valence-electron chi connectivity index (χ1n) is 5.57. The molecule has 0 aliphatic heterocycles. The fraction of sp³-hybridized carbons (Fsp3) is 0.154. The van der Waals surface area contributed by atoms with Gasteiger partial charge in [-0.15, -0.1) is 0 Å². The molecule has 6 heteroatoms. The predicted octanol–water partition coefficient (Wildman–Crippen LogP) is 2.21. The van der Waals surface area contributed by atoms with Crippen LogP contribution in [0.4, 0.5) is 0 Å². The molecule has 2 aromatic rings. The summed E-state index contributed by atoms with van der Waals surface area (Å²) in [5.74, 6) is -1.11. The van der Waals surface area contributed by atoms with E-state index >= 15 is 0 Å². The van der Waals surface area contributed by atoms with Gasteiger partial charge in [0.25, 0.3) is 5.56 Å². The summed E-state index contributed by atoms with van der Waals surface area (Å²) in [7, 11) is 0. The lowest BCUT2D eigenvalue weighted by Gasteiger charge is -2.10. The van der Waals surface area contributed by atoms with Gasteiger partial charge in [0.15, 0.2) is 6.04 Å². The van der Waals surface area contributed by atoms with Crippen LogP contribution in [0.1, 0.15) is 13.0 Å². The Balaban J connectivity index is 2.49. The minimum atomic E-state index is -1.11. The zero-order valence-electron chi connectivity index (χ0n) is 10.1. The van der Waals surface area contributed by atoms with Crippen molar-refractivity contribution < 1.29 is 9.90 Å². The van der Waals surface area contributed by atoms with Gasteiger partial charge in [0, 0.05) is 16.7 Å². The molecule has 19 heavy (non-hydrogen) atoms. The summed E-state index contributed by atoms with van der Waals surface area (Å²) in [5, 5.41) is 13.6. The van der Waals surface area contributed by atoms with Crippen molar-refractivity contribution in [1.29, 1.82) is 0 Å². The van der Waals surface area contributed by atoms with Gasteiger partial charge in [-0.1, -0.05) is 23.7 Å². The highest BCUT2D eigenvalue weighted by atomic mass is 35.5. The lowest BCUT2D eigenvalue weighted by atomic mass is 10.1. The minimum Gasteiger partial charge on any atom is -0.480 e. The smallest absolute Gasteiger partial charge is 0.328 e. The molecule has 1 aromatic carbocycles. The van der Waals surface area contributed by atoms with Crippen LogP contribution in [-0.2, 0) is 4.79 Å². The quantitative estimate of drug-likeness (QED) is 0.934. The summed E-state index contributed by atoms with van der Waals surface area (Å²) in [6.45, 7) is 1.41. The summed E-state index contributed by atoms with van der Waals surface area (Å²) in [5.41, 5.74) is 0.827. The Kier molecular flexibility index (Phi) is 3.66. The van der Waals surface area contributed by atoms with E-state index in [0.29, 0.717) is 10.7 Å². The molecule has 0 bridgehead atoms. The largest absolute Gasteiger partial charge is 0.480 e. The van der Waals surface area contributed by atoms with Crippen LogP contribution in [0.25, 0.3) is 11.3 Å². The number of aromatic nitrogens is 2. The number of carboxylic acids is 1. The van der Waals surface area contributed by atoms with Crippen LogP contribution >= 0.6 is 11.6 Å². The maximum atomic E-state index is 11.6. The summed E-state index contributed by atoms with van der Waals surface area (Å²) in [6.07, 6.45) is 0. The third-order valence-electron chi connectivity index (χ3n) is 2.69. The molecule has 1 N–H and O–H groups in total. The van der Waals surface area contributed by atoms with E-state index < -0.39 is 17.6 Å². The van der Waals surface area contributed by atoms with Crippen molar-refractivity contribution in [3.63, 3.8) is 0 Å². The van der Waals surface area contributed by atoms with Gasteiger partial charge in [-0.05, 0) is 25.1 Å². The molecule has 0 spiro atoms. The maximum absolute atomic E-state index is 11.6. The van der Waals surface area contributed by atoms with Crippen molar-refractivity contribution in [1.82, 2.24) is 9.78 Å². The van der Waals surface area contributed by atoms with Crippen molar-refractivity contribution in [2.24, 2.45) is 0 Å². The van der Waals surface area contributed by atoms with Crippen molar-refractivity contribution in [3.8, 4) is 11.3 Å². The van der Waals surface area contributed by atoms with E-state index in [-0.39, 0.29) is 0 Å². The van der Waals surface area contributed by atoms with E-state index in [1.807, 2.05) is 0 Å². The molecule has 0 saturated heterocycles. The van der Waals surface area contributed by atoms with Crippen LogP contribution in [0, 0.1) is 0 Å². The van der Waals surface area contributed by atoms with Crippen molar-refractivity contribution in [3.05, 3.63) is 51.8 Å². The topological polar surface area (TPSA) is 72.2 Å². The SMILES string of the molecule is CC(C(=O)O)n1nc(-c2ccc(Cl)cc2)ccc1=O.